The highest BCUT2D eigenvalue weighted by Crippen LogP contribution is 2.49. The number of ether oxygens (including phenoxy) is 2. The maximum Gasteiger partial charge on any atom is 0.472 e. The van der Waals surface area contributed by atoms with Crippen molar-refractivity contribution in [1.29, 1.82) is 0 Å². The second kappa shape index (κ2) is 38.8. The van der Waals surface area contributed by atoms with Crippen LogP contribution in [0.2, 0.25) is 0 Å². The molecule has 1 saturated carbocycles. The van der Waals surface area contributed by atoms with Crippen LogP contribution in [-0.2, 0) is 41.8 Å². The zero-order valence-electron chi connectivity index (χ0n) is 40.1. The SMILES string of the molecule is CCCCC/C=C\C/C=C\CCCCCCCCCC(=O)O[C@H](COC(=O)CCC/C=C\C/C=C\C/C=C\C/C=C\C=C\[C@@H](O)CC)COP(=O)(O)O[C@H]1C(O)C(O)C(O)[C@@H](OP(=O)(O)O)C1O. The van der Waals surface area contributed by atoms with Gasteiger partial charge in [-0.25, -0.2) is 9.13 Å². The fourth-order valence-corrected chi connectivity index (χ4v) is 8.23. The lowest BCUT2D eigenvalue weighted by atomic mass is 9.85. The average molecular weight is 1010 g/mol. The highest BCUT2D eigenvalue weighted by molar-refractivity contribution is 7.47. The number of phosphoric acid groups is 2. The summed E-state index contributed by atoms with van der Waals surface area (Å²) < 4.78 is 49.3. The number of aliphatic hydroxyl groups excluding tert-OH is 5. The molecule has 0 aromatic carbocycles. The van der Waals surface area contributed by atoms with Crippen LogP contribution in [0.1, 0.15) is 149 Å². The number of carbonyl (C=O) groups is 2. The van der Waals surface area contributed by atoms with Gasteiger partial charge in [0.25, 0.3) is 0 Å². The number of hydrogen-bond donors (Lipinski definition) is 8. The fourth-order valence-electron chi connectivity index (χ4n) is 6.69. The summed E-state index contributed by atoms with van der Waals surface area (Å²) in [6, 6.07) is 0. The maximum absolute atomic E-state index is 13.0. The smallest absolute Gasteiger partial charge is 0.462 e. The van der Waals surface area contributed by atoms with Gasteiger partial charge < -0.3 is 49.7 Å². The van der Waals surface area contributed by atoms with Crippen LogP contribution in [0.4, 0.5) is 0 Å². The molecule has 1 fully saturated rings. The first kappa shape index (κ1) is 63.2. The molecule has 1 aliphatic rings. The molecule has 0 spiro atoms. The topological polar surface area (TPSA) is 276 Å². The highest BCUT2D eigenvalue weighted by atomic mass is 31.2. The van der Waals surface area contributed by atoms with E-state index in [1.54, 1.807) is 6.08 Å². The summed E-state index contributed by atoms with van der Waals surface area (Å²) in [7, 11) is -10.7. The van der Waals surface area contributed by atoms with Crippen molar-refractivity contribution in [2.75, 3.05) is 13.2 Å². The van der Waals surface area contributed by atoms with Gasteiger partial charge in [0.2, 0.25) is 0 Å². The standard InChI is InChI=1S/C49H82O17P2/c1-3-5-6-7-8-9-10-11-12-13-14-19-22-25-28-31-34-37-43(52)64-41(39-63-68(60,61)66-49-46(55)44(53)45(54)48(47(49)56)65-67(57,58)59)38-62-42(51)36-33-30-27-24-21-18-16-15-17-20-23-26-29-32-35-40(50)4-2/h8-9,11-12,16-18,20,24,26-27,29,32,35,40-41,44-50,53-56H,3-7,10,13-15,19,21-23,25,28,30-31,33-34,36-39H2,1-2H3,(H,60,61)(H2,57,58,59)/b9-8-,12-11-,18-16-,20-17-,27-24-,29-26-,35-32+/t40-,41+,44?,45?,46?,47?,48+,49-/m0/s1. The minimum atomic E-state index is -5.38. The molecule has 0 amide bonds. The summed E-state index contributed by atoms with van der Waals surface area (Å²) in [5.41, 5.74) is 0. The van der Waals surface area contributed by atoms with E-state index in [4.69, 9.17) is 18.5 Å². The van der Waals surface area contributed by atoms with Crippen LogP contribution in [0.15, 0.2) is 85.1 Å². The minimum absolute atomic E-state index is 0.0112. The molecule has 1 aliphatic carbocycles. The van der Waals surface area contributed by atoms with E-state index >= 15 is 0 Å². The summed E-state index contributed by atoms with van der Waals surface area (Å²) in [5, 5.41) is 50.7. The third-order valence-corrected chi connectivity index (χ3v) is 12.1. The van der Waals surface area contributed by atoms with Crippen molar-refractivity contribution < 1.29 is 82.0 Å². The van der Waals surface area contributed by atoms with E-state index in [0.717, 1.165) is 70.6 Å². The Kier molecular flexibility index (Phi) is 36.1. The molecule has 19 heteroatoms. The molecular weight excluding hydrogens is 922 g/mol. The molecule has 9 atom stereocenters. The summed E-state index contributed by atoms with van der Waals surface area (Å²) in [5.74, 6) is -1.31. The summed E-state index contributed by atoms with van der Waals surface area (Å²) in [4.78, 5) is 54.3. The van der Waals surface area contributed by atoms with Crippen molar-refractivity contribution >= 4 is 27.6 Å². The molecule has 17 nitrogen and oxygen atoms in total. The average Bonchev–Trinajstić information content (AvgIpc) is 3.29. The molecule has 390 valence electrons. The number of allylic oxidation sites excluding steroid dienone is 13. The molecule has 0 aromatic heterocycles. The molecule has 1 rings (SSSR count). The molecule has 0 aliphatic heterocycles. The molecule has 0 saturated heterocycles. The number of esters is 2. The second-order valence-electron chi connectivity index (χ2n) is 16.6. The fraction of sp³-hybridized carbons (Fsp3) is 0.673. The lowest BCUT2D eigenvalue weighted by molar-refractivity contribution is -0.216. The number of rotatable bonds is 39. The predicted octanol–water partition coefficient (Wildman–Crippen LogP) is 8.36. The number of aliphatic hydroxyl groups is 5. The van der Waals surface area contributed by atoms with Gasteiger partial charge in [0.1, 0.15) is 43.2 Å². The molecule has 68 heavy (non-hydrogen) atoms. The van der Waals surface area contributed by atoms with E-state index in [1.807, 2.05) is 49.5 Å². The zero-order valence-corrected chi connectivity index (χ0v) is 41.9. The Morgan fingerprint density at radius 1 is 0.544 bits per heavy atom. The Labute approximate surface area is 404 Å². The number of phosphoric ester groups is 2. The summed E-state index contributed by atoms with van der Waals surface area (Å²) in [6.07, 6.45) is 30.6. The minimum Gasteiger partial charge on any atom is -0.462 e. The van der Waals surface area contributed by atoms with Gasteiger partial charge in [-0.15, -0.1) is 0 Å². The molecule has 5 unspecified atom stereocenters. The van der Waals surface area contributed by atoms with Gasteiger partial charge in [-0.3, -0.25) is 23.2 Å². The van der Waals surface area contributed by atoms with Crippen LogP contribution in [0.5, 0.6) is 0 Å². The Hall–Kier alpha value is -2.86. The molecular formula is C49H82O17P2. The van der Waals surface area contributed by atoms with E-state index < -0.39 is 89.6 Å². The first-order valence-electron chi connectivity index (χ1n) is 24.2. The Morgan fingerprint density at radius 2 is 1.03 bits per heavy atom. The van der Waals surface area contributed by atoms with Crippen molar-refractivity contribution in [3.05, 3.63) is 85.1 Å². The van der Waals surface area contributed by atoms with Crippen LogP contribution >= 0.6 is 15.6 Å². The third kappa shape index (κ3) is 32.9. The van der Waals surface area contributed by atoms with Crippen LogP contribution < -0.4 is 0 Å². The van der Waals surface area contributed by atoms with Crippen molar-refractivity contribution in [3.63, 3.8) is 0 Å². The van der Waals surface area contributed by atoms with Gasteiger partial charge in [-0.2, -0.15) is 0 Å². The lowest BCUT2D eigenvalue weighted by Crippen LogP contribution is -2.64. The number of carbonyl (C=O) groups excluding carboxylic acids is 2. The largest absolute Gasteiger partial charge is 0.472 e. The quantitative estimate of drug-likeness (QED) is 0.00944. The van der Waals surface area contributed by atoms with Gasteiger partial charge >= 0.3 is 27.6 Å². The Balaban J connectivity index is 2.63. The maximum atomic E-state index is 13.0. The summed E-state index contributed by atoms with van der Waals surface area (Å²) >= 11 is 0. The molecule has 8 N–H and O–H groups in total. The van der Waals surface area contributed by atoms with Crippen LogP contribution in [0.3, 0.4) is 0 Å². The molecule has 0 heterocycles. The third-order valence-electron chi connectivity index (χ3n) is 10.6. The Morgan fingerprint density at radius 3 is 1.59 bits per heavy atom. The zero-order chi connectivity index (χ0) is 50.5. The van der Waals surface area contributed by atoms with Crippen molar-refractivity contribution in [3.8, 4) is 0 Å². The molecule has 0 radical (unpaired) electrons. The van der Waals surface area contributed by atoms with Crippen LogP contribution in [0, 0.1) is 0 Å². The van der Waals surface area contributed by atoms with Crippen molar-refractivity contribution in [1.82, 2.24) is 0 Å². The van der Waals surface area contributed by atoms with Gasteiger partial charge in [-0.05, 0) is 77.0 Å². The Bertz CT molecular complexity index is 1650. The predicted molar refractivity (Wildman–Crippen MR) is 261 cm³/mol. The molecule has 0 aromatic rings. The van der Waals surface area contributed by atoms with E-state index in [2.05, 4.69) is 47.9 Å². The van der Waals surface area contributed by atoms with Crippen molar-refractivity contribution in [2.45, 2.75) is 198 Å². The van der Waals surface area contributed by atoms with E-state index in [-0.39, 0.29) is 12.8 Å². The van der Waals surface area contributed by atoms with Crippen LogP contribution in [0.25, 0.3) is 0 Å². The first-order valence-corrected chi connectivity index (χ1v) is 27.3. The normalized spacial score (nSPS) is 22.4. The van der Waals surface area contributed by atoms with Gasteiger partial charge in [-0.1, -0.05) is 144 Å². The van der Waals surface area contributed by atoms with E-state index in [9.17, 15) is 58.9 Å². The molecule has 0 bridgehead atoms. The lowest BCUT2D eigenvalue weighted by Gasteiger charge is -2.43. The van der Waals surface area contributed by atoms with E-state index in [1.165, 1.54) is 19.3 Å². The van der Waals surface area contributed by atoms with Gasteiger partial charge in [0.05, 0.1) is 12.7 Å². The monoisotopic (exact) mass is 1000 g/mol. The number of unbranched alkanes of at least 4 members (excludes halogenated alkanes) is 11. The van der Waals surface area contributed by atoms with Gasteiger partial charge in [0.15, 0.2) is 6.10 Å². The second-order valence-corrected chi connectivity index (χ2v) is 19.2. The van der Waals surface area contributed by atoms with E-state index in [0.29, 0.717) is 32.1 Å². The van der Waals surface area contributed by atoms with Crippen LogP contribution in [-0.4, -0.2) is 114 Å². The highest BCUT2D eigenvalue weighted by Gasteiger charge is 2.54. The number of hydrogen-bond acceptors (Lipinski definition) is 14. The first-order chi connectivity index (χ1) is 32.5. The van der Waals surface area contributed by atoms with Crippen molar-refractivity contribution in [2.24, 2.45) is 0 Å². The van der Waals surface area contributed by atoms with Gasteiger partial charge in [0, 0.05) is 12.8 Å². The summed E-state index contributed by atoms with van der Waals surface area (Å²) in [6.45, 7) is 2.69.